The van der Waals surface area contributed by atoms with Crippen LogP contribution in [0.25, 0.3) is 0 Å². The molecule has 0 aromatic heterocycles. The molecule has 0 aliphatic carbocycles. The fourth-order valence-corrected chi connectivity index (χ4v) is 1.96. The Bertz CT molecular complexity index is 447. The van der Waals surface area contributed by atoms with Crippen LogP contribution in [0.4, 0.5) is 0 Å². The highest BCUT2D eigenvalue weighted by Crippen LogP contribution is 2.11. The first-order valence-corrected chi connectivity index (χ1v) is 6.46. The summed E-state index contributed by atoms with van der Waals surface area (Å²) in [6, 6.07) is 8.70. The standard InChI is InChI=1S/C14H18N2O3/c1-10(19-11-6-3-2-4-7-11)13(17)16-12-8-5-9-15-14(12)18/h2-4,6-7,10,12H,5,8-9H2,1H3,(H,15,18)(H,16,17)/t10-,12-/m0/s1. The van der Waals surface area contributed by atoms with Crippen molar-refractivity contribution in [1.82, 2.24) is 10.6 Å². The highest BCUT2D eigenvalue weighted by molar-refractivity contribution is 5.89. The molecule has 1 aliphatic rings. The van der Waals surface area contributed by atoms with Crippen LogP contribution in [0, 0.1) is 0 Å². The Morgan fingerprint density at radius 2 is 2.16 bits per heavy atom. The molecule has 0 saturated carbocycles. The quantitative estimate of drug-likeness (QED) is 0.845. The van der Waals surface area contributed by atoms with Crippen molar-refractivity contribution in [2.24, 2.45) is 0 Å². The second kappa shape index (κ2) is 6.22. The zero-order chi connectivity index (χ0) is 13.7. The number of amides is 2. The Kier molecular flexibility index (Phi) is 4.39. The van der Waals surface area contributed by atoms with Crippen LogP contribution in [0.2, 0.25) is 0 Å². The molecule has 2 rings (SSSR count). The molecule has 0 spiro atoms. The van der Waals surface area contributed by atoms with E-state index in [9.17, 15) is 9.59 Å². The third kappa shape index (κ3) is 3.71. The molecule has 1 aromatic rings. The number of nitrogens with one attached hydrogen (secondary N) is 2. The second-order valence-corrected chi connectivity index (χ2v) is 4.57. The summed E-state index contributed by atoms with van der Waals surface area (Å²) in [6.07, 6.45) is 0.928. The lowest BCUT2D eigenvalue weighted by atomic mass is 10.1. The fourth-order valence-electron chi connectivity index (χ4n) is 1.96. The summed E-state index contributed by atoms with van der Waals surface area (Å²) in [5, 5.41) is 5.44. The van der Waals surface area contributed by atoms with Crippen LogP contribution >= 0.6 is 0 Å². The molecule has 102 valence electrons. The van der Waals surface area contributed by atoms with Gasteiger partial charge in [-0.1, -0.05) is 18.2 Å². The van der Waals surface area contributed by atoms with E-state index < -0.39 is 12.1 Å². The molecule has 0 bridgehead atoms. The van der Waals surface area contributed by atoms with Gasteiger partial charge in [-0.05, 0) is 31.9 Å². The molecule has 1 aliphatic heterocycles. The SMILES string of the molecule is C[C@H](Oc1ccccc1)C(=O)N[C@H]1CCCNC1=O. The lowest BCUT2D eigenvalue weighted by Gasteiger charge is -2.24. The molecule has 5 nitrogen and oxygen atoms in total. The number of para-hydroxylation sites is 1. The summed E-state index contributed by atoms with van der Waals surface area (Å²) in [7, 11) is 0. The maximum atomic E-state index is 11.9. The Balaban J connectivity index is 1.87. The molecule has 1 heterocycles. The minimum Gasteiger partial charge on any atom is -0.481 e. The Morgan fingerprint density at radius 3 is 2.84 bits per heavy atom. The normalized spacial score (nSPS) is 20.3. The lowest BCUT2D eigenvalue weighted by molar-refractivity contribution is -0.133. The van der Waals surface area contributed by atoms with Crippen molar-refractivity contribution in [3.8, 4) is 5.75 Å². The molecule has 1 aromatic carbocycles. The molecule has 2 atom stereocenters. The van der Waals surface area contributed by atoms with Gasteiger partial charge in [-0.25, -0.2) is 0 Å². The van der Waals surface area contributed by atoms with Gasteiger partial charge in [0.2, 0.25) is 5.91 Å². The zero-order valence-corrected chi connectivity index (χ0v) is 10.9. The first-order chi connectivity index (χ1) is 9.16. The number of carbonyl (C=O) groups is 2. The highest BCUT2D eigenvalue weighted by atomic mass is 16.5. The van der Waals surface area contributed by atoms with Crippen LogP contribution in [-0.2, 0) is 9.59 Å². The van der Waals surface area contributed by atoms with Crippen molar-refractivity contribution < 1.29 is 14.3 Å². The number of rotatable bonds is 4. The summed E-state index contributed by atoms with van der Waals surface area (Å²) in [5.74, 6) is 0.246. The molecule has 1 fully saturated rings. The number of piperidine rings is 1. The van der Waals surface area contributed by atoms with E-state index in [0.717, 1.165) is 6.42 Å². The van der Waals surface area contributed by atoms with Crippen molar-refractivity contribution in [2.45, 2.75) is 31.9 Å². The van der Waals surface area contributed by atoms with E-state index in [0.29, 0.717) is 18.7 Å². The summed E-state index contributed by atoms with van der Waals surface area (Å²) >= 11 is 0. The van der Waals surface area contributed by atoms with Gasteiger partial charge in [-0.3, -0.25) is 9.59 Å². The van der Waals surface area contributed by atoms with Crippen molar-refractivity contribution in [2.75, 3.05) is 6.54 Å². The van der Waals surface area contributed by atoms with E-state index in [1.165, 1.54) is 0 Å². The van der Waals surface area contributed by atoms with Crippen LogP contribution in [0.3, 0.4) is 0 Å². The van der Waals surface area contributed by atoms with Gasteiger partial charge in [-0.2, -0.15) is 0 Å². The van der Waals surface area contributed by atoms with E-state index in [4.69, 9.17) is 4.74 Å². The topological polar surface area (TPSA) is 67.4 Å². The third-order valence-corrected chi connectivity index (χ3v) is 3.03. The van der Waals surface area contributed by atoms with Crippen molar-refractivity contribution in [3.63, 3.8) is 0 Å². The van der Waals surface area contributed by atoms with Crippen molar-refractivity contribution in [1.29, 1.82) is 0 Å². The van der Waals surface area contributed by atoms with Gasteiger partial charge < -0.3 is 15.4 Å². The van der Waals surface area contributed by atoms with Gasteiger partial charge in [0.15, 0.2) is 6.10 Å². The molecule has 2 amide bonds. The summed E-state index contributed by atoms with van der Waals surface area (Å²) in [6.45, 7) is 2.35. The zero-order valence-electron chi connectivity index (χ0n) is 10.9. The monoisotopic (exact) mass is 262 g/mol. The van der Waals surface area contributed by atoms with E-state index >= 15 is 0 Å². The Morgan fingerprint density at radius 1 is 1.42 bits per heavy atom. The molecule has 1 saturated heterocycles. The van der Waals surface area contributed by atoms with E-state index in [1.54, 1.807) is 19.1 Å². The first-order valence-electron chi connectivity index (χ1n) is 6.46. The van der Waals surface area contributed by atoms with Gasteiger partial charge in [0, 0.05) is 6.54 Å². The number of benzene rings is 1. The first kappa shape index (κ1) is 13.4. The predicted octanol–water partition coefficient (Wildman–Crippen LogP) is 0.849. The third-order valence-electron chi connectivity index (χ3n) is 3.03. The van der Waals surface area contributed by atoms with E-state index in [-0.39, 0.29) is 11.8 Å². The maximum Gasteiger partial charge on any atom is 0.261 e. The Labute approximate surface area is 112 Å². The largest absolute Gasteiger partial charge is 0.481 e. The average Bonchev–Trinajstić information content (AvgIpc) is 2.42. The summed E-state index contributed by atoms with van der Waals surface area (Å²) in [5.41, 5.74) is 0. The number of hydrogen-bond acceptors (Lipinski definition) is 3. The fraction of sp³-hybridized carbons (Fsp3) is 0.429. The van der Waals surface area contributed by atoms with Crippen LogP contribution in [-0.4, -0.2) is 30.5 Å². The lowest BCUT2D eigenvalue weighted by Crippen LogP contribution is -2.52. The molecular formula is C14H18N2O3. The maximum absolute atomic E-state index is 11.9. The van der Waals surface area contributed by atoms with Gasteiger partial charge in [0.25, 0.3) is 5.91 Å². The molecule has 0 unspecified atom stereocenters. The smallest absolute Gasteiger partial charge is 0.261 e. The average molecular weight is 262 g/mol. The van der Waals surface area contributed by atoms with Crippen molar-refractivity contribution in [3.05, 3.63) is 30.3 Å². The summed E-state index contributed by atoms with van der Waals surface area (Å²) < 4.78 is 5.51. The van der Waals surface area contributed by atoms with Crippen LogP contribution in [0.1, 0.15) is 19.8 Å². The second-order valence-electron chi connectivity index (χ2n) is 4.57. The highest BCUT2D eigenvalue weighted by Gasteiger charge is 2.26. The van der Waals surface area contributed by atoms with E-state index in [1.807, 2.05) is 18.2 Å². The van der Waals surface area contributed by atoms with Gasteiger partial charge in [0.05, 0.1) is 0 Å². The minimum absolute atomic E-state index is 0.119. The minimum atomic E-state index is -0.628. The number of hydrogen-bond donors (Lipinski definition) is 2. The van der Waals surface area contributed by atoms with Crippen LogP contribution in [0.5, 0.6) is 5.75 Å². The molecule has 2 N–H and O–H groups in total. The Hall–Kier alpha value is -2.04. The van der Waals surface area contributed by atoms with Gasteiger partial charge in [-0.15, -0.1) is 0 Å². The van der Waals surface area contributed by atoms with Crippen LogP contribution in [0.15, 0.2) is 30.3 Å². The molecule has 5 heteroatoms. The van der Waals surface area contributed by atoms with E-state index in [2.05, 4.69) is 10.6 Å². The molecular weight excluding hydrogens is 244 g/mol. The van der Waals surface area contributed by atoms with Crippen molar-refractivity contribution >= 4 is 11.8 Å². The summed E-state index contributed by atoms with van der Waals surface area (Å²) in [4.78, 5) is 23.5. The number of carbonyl (C=O) groups excluding carboxylic acids is 2. The number of ether oxygens (including phenoxy) is 1. The van der Waals surface area contributed by atoms with Crippen LogP contribution < -0.4 is 15.4 Å². The van der Waals surface area contributed by atoms with Gasteiger partial charge in [0.1, 0.15) is 11.8 Å². The molecule has 0 radical (unpaired) electrons. The van der Waals surface area contributed by atoms with Gasteiger partial charge >= 0.3 is 0 Å². The predicted molar refractivity (Wildman–Crippen MR) is 70.7 cm³/mol. The molecule has 19 heavy (non-hydrogen) atoms.